The van der Waals surface area contributed by atoms with Gasteiger partial charge in [0.2, 0.25) is 0 Å². The summed E-state index contributed by atoms with van der Waals surface area (Å²) in [4.78, 5) is 13.0. The van der Waals surface area contributed by atoms with E-state index in [0.717, 1.165) is 21.2 Å². The summed E-state index contributed by atoms with van der Waals surface area (Å²) >= 11 is 1.51. The lowest BCUT2D eigenvalue weighted by Crippen LogP contribution is -2.36. The number of hydrogen-bond donors (Lipinski definition) is 2. The largest absolute Gasteiger partial charge is 0.444 e. The Bertz CT molecular complexity index is 899. The zero-order valence-electron chi connectivity index (χ0n) is 15.8. The quantitative estimate of drug-likeness (QED) is 0.633. The van der Waals surface area contributed by atoms with Crippen LogP contribution in [-0.2, 0) is 4.74 Å². The minimum Gasteiger partial charge on any atom is -0.444 e. The fraction of sp³-hybridized carbons (Fsp3) is 0.318. The number of amides is 1. The summed E-state index contributed by atoms with van der Waals surface area (Å²) in [5.74, 6) is -0.277. The molecule has 0 fully saturated rings. The molecule has 0 radical (unpaired) electrons. The number of rotatable bonds is 5. The van der Waals surface area contributed by atoms with Gasteiger partial charge in [0.25, 0.3) is 0 Å². The van der Waals surface area contributed by atoms with E-state index in [9.17, 15) is 9.90 Å². The van der Waals surface area contributed by atoms with Gasteiger partial charge >= 0.3 is 6.09 Å². The van der Waals surface area contributed by atoms with E-state index in [4.69, 9.17) is 4.74 Å². The van der Waals surface area contributed by atoms with Crippen LogP contribution in [0.2, 0.25) is 0 Å². The van der Waals surface area contributed by atoms with E-state index >= 15 is 0 Å². The van der Waals surface area contributed by atoms with Crippen LogP contribution in [0.4, 0.5) is 4.79 Å². The van der Waals surface area contributed by atoms with Gasteiger partial charge in [-0.25, -0.2) is 4.79 Å². The fourth-order valence-electron chi connectivity index (χ4n) is 3.02. The Morgan fingerprint density at radius 1 is 1.11 bits per heavy atom. The third-order valence-electron chi connectivity index (χ3n) is 4.28. The summed E-state index contributed by atoms with van der Waals surface area (Å²) < 4.78 is 5.34. The Morgan fingerprint density at radius 2 is 1.85 bits per heavy atom. The van der Waals surface area contributed by atoms with Crippen LogP contribution in [0.1, 0.15) is 43.2 Å². The van der Waals surface area contributed by atoms with Crippen LogP contribution in [0.15, 0.2) is 60.0 Å². The normalized spacial score (nSPS) is 13.9. The highest BCUT2D eigenvalue weighted by molar-refractivity contribution is 7.10. The van der Waals surface area contributed by atoms with Crippen LogP contribution in [0.25, 0.3) is 10.8 Å². The van der Waals surface area contributed by atoms with E-state index < -0.39 is 17.8 Å². The van der Waals surface area contributed by atoms with Gasteiger partial charge in [0.15, 0.2) is 0 Å². The average Bonchev–Trinajstić information content (AvgIpc) is 3.14. The van der Waals surface area contributed by atoms with Crippen molar-refractivity contribution in [1.29, 1.82) is 0 Å². The molecule has 1 aromatic heterocycles. The molecule has 1 amide bonds. The van der Waals surface area contributed by atoms with Crippen molar-refractivity contribution < 1.29 is 14.6 Å². The number of aliphatic hydroxyl groups is 1. The molecule has 3 aromatic rings. The molecule has 0 aliphatic carbocycles. The number of alkyl carbamates (subject to hydrolysis) is 1. The second-order valence-corrected chi connectivity index (χ2v) is 8.54. The molecule has 142 valence electrons. The highest BCUT2D eigenvalue weighted by atomic mass is 32.1. The van der Waals surface area contributed by atoms with E-state index in [1.165, 1.54) is 11.3 Å². The number of aliphatic hydroxyl groups excluding tert-OH is 1. The Balaban J connectivity index is 1.85. The third-order valence-corrected chi connectivity index (χ3v) is 5.23. The van der Waals surface area contributed by atoms with E-state index in [2.05, 4.69) is 23.5 Å². The molecule has 4 nitrogen and oxygen atoms in total. The van der Waals surface area contributed by atoms with Crippen molar-refractivity contribution in [3.63, 3.8) is 0 Å². The highest BCUT2D eigenvalue weighted by Gasteiger charge is 2.25. The number of nitrogens with one attached hydrogen (secondary N) is 1. The van der Waals surface area contributed by atoms with Gasteiger partial charge in [-0.1, -0.05) is 48.5 Å². The maximum Gasteiger partial charge on any atom is 0.407 e. The van der Waals surface area contributed by atoms with Crippen LogP contribution in [0, 0.1) is 0 Å². The summed E-state index contributed by atoms with van der Waals surface area (Å²) in [7, 11) is 0. The van der Waals surface area contributed by atoms with E-state index in [0.29, 0.717) is 0 Å². The van der Waals surface area contributed by atoms with Gasteiger partial charge in [-0.15, -0.1) is 11.3 Å². The molecule has 3 rings (SSSR count). The molecule has 2 aromatic carbocycles. The molecule has 2 N–H and O–H groups in total. The Labute approximate surface area is 163 Å². The van der Waals surface area contributed by atoms with Gasteiger partial charge in [-0.3, -0.25) is 0 Å². The first-order valence-electron chi connectivity index (χ1n) is 9.00. The first-order valence-corrected chi connectivity index (χ1v) is 9.88. The molecule has 0 bridgehead atoms. The van der Waals surface area contributed by atoms with Gasteiger partial charge in [0, 0.05) is 17.3 Å². The van der Waals surface area contributed by atoms with E-state index in [1.807, 2.05) is 62.5 Å². The summed E-state index contributed by atoms with van der Waals surface area (Å²) in [6.45, 7) is 5.77. The van der Waals surface area contributed by atoms with Crippen LogP contribution in [0.5, 0.6) is 0 Å². The first kappa shape index (κ1) is 19.4. The Kier molecular flexibility index (Phi) is 5.82. The average molecular weight is 384 g/mol. The molecule has 0 saturated carbocycles. The molecular formula is C22H25NO3S. The van der Waals surface area contributed by atoms with Crippen LogP contribution < -0.4 is 5.32 Å². The second-order valence-electron chi connectivity index (χ2n) is 7.56. The Hall–Kier alpha value is -2.37. The number of fused-ring (bicyclic) bond motifs is 1. The van der Waals surface area contributed by atoms with Crippen LogP contribution in [0.3, 0.4) is 0 Å². The van der Waals surface area contributed by atoms with Crippen LogP contribution in [-0.4, -0.2) is 23.3 Å². The zero-order chi connectivity index (χ0) is 19.4. The topological polar surface area (TPSA) is 58.6 Å². The fourth-order valence-corrected chi connectivity index (χ4v) is 3.79. The lowest BCUT2D eigenvalue weighted by Gasteiger charge is -2.25. The Morgan fingerprint density at radius 3 is 2.52 bits per heavy atom. The molecule has 0 spiro atoms. The molecular weight excluding hydrogens is 358 g/mol. The third kappa shape index (κ3) is 5.08. The number of ether oxygens (including phenoxy) is 1. The number of carbonyl (C=O) groups is 1. The molecule has 27 heavy (non-hydrogen) atoms. The number of hydrogen-bond acceptors (Lipinski definition) is 4. The van der Waals surface area contributed by atoms with Crippen molar-refractivity contribution in [2.24, 2.45) is 0 Å². The summed E-state index contributed by atoms with van der Waals surface area (Å²) in [6, 6.07) is 18.1. The molecule has 0 aliphatic heterocycles. The van der Waals surface area contributed by atoms with Crippen molar-refractivity contribution in [2.45, 2.75) is 38.4 Å². The summed E-state index contributed by atoms with van der Waals surface area (Å²) in [5.41, 5.74) is 0.417. The van der Waals surface area contributed by atoms with Gasteiger partial charge in [-0.2, -0.15) is 0 Å². The monoisotopic (exact) mass is 383 g/mol. The molecule has 0 aliphatic rings. The maximum absolute atomic E-state index is 12.1. The van der Waals surface area contributed by atoms with Gasteiger partial charge in [0.1, 0.15) is 5.60 Å². The van der Waals surface area contributed by atoms with Crippen molar-refractivity contribution >= 4 is 28.2 Å². The molecule has 0 unspecified atom stereocenters. The smallest absolute Gasteiger partial charge is 0.407 e. The zero-order valence-corrected chi connectivity index (χ0v) is 16.6. The number of carbonyl (C=O) groups excluding carboxylic acids is 1. The van der Waals surface area contributed by atoms with Gasteiger partial charge in [0.05, 0.1) is 6.10 Å². The van der Waals surface area contributed by atoms with Gasteiger partial charge in [-0.05, 0) is 48.6 Å². The van der Waals surface area contributed by atoms with Crippen molar-refractivity contribution in [1.82, 2.24) is 5.32 Å². The van der Waals surface area contributed by atoms with Gasteiger partial charge < -0.3 is 15.2 Å². The second kappa shape index (κ2) is 8.11. The van der Waals surface area contributed by atoms with E-state index in [1.54, 1.807) is 0 Å². The lowest BCUT2D eigenvalue weighted by atomic mass is 9.90. The minimum absolute atomic E-state index is 0.277. The standard InChI is InChI=1S/C22H25NO3S/c1-22(2,3)26-21(25)23-14-18(20(24)19-9-6-12-27-19)17-11-10-15-7-4-5-8-16(15)13-17/h4-13,18,20,24H,14H2,1-3H3,(H,23,25)/t18-,20+/m1/s1. The molecule has 5 heteroatoms. The van der Waals surface area contributed by atoms with Crippen molar-refractivity contribution in [3.05, 3.63) is 70.4 Å². The predicted octanol–water partition coefficient (Wildman–Crippen LogP) is 5.24. The van der Waals surface area contributed by atoms with Crippen LogP contribution >= 0.6 is 11.3 Å². The molecule has 0 saturated heterocycles. The predicted molar refractivity (Wildman–Crippen MR) is 110 cm³/mol. The number of benzene rings is 2. The highest BCUT2D eigenvalue weighted by Crippen LogP contribution is 2.34. The minimum atomic E-state index is -0.707. The SMILES string of the molecule is CC(C)(C)OC(=O)NC[C@H](c1ccc2ccccc2c1)[C@H](O)c1cccs1. The summed E-state index contributed by atoms with van der Waals surface area (Å²) in [5, 5.41) is 18.0. The van der Waals surface area contributed by atoms with Crippen molar-refractivity contribution in [2.75, 3.05) is 6.54 Å². The maximum atomic E-state index is 12.1. The first-order chi connectivity index (χ1) is 12.8. The summed E-state index contributed by atoms with van der Waals surface area (Å²) in [6.07, 6.45) is -1.19. The van der Waals surface area contributed by atoms with Crippen molar-refractivity contribution in [3.8, 4) is 0 Å². The lowest BCUT2D eigenvalue weighted by molar-refractivity contribution is 0.0510. The molecule has 1 heterocycles. The van der Waals surface area contributed by atoms with E-state index in [-0.39, 0.29) is 12.5 Å². The number of thiophene rings is 1. The molecule has 2 atom stereocenters.